The van der Waals surface area contributed by atoms with Crippen molar-refractivity contribution in [3.63, 3.8) is 0 Å². The summed E-state index contributed by atoms with van der Waals surface area (Å²) < 4.78 is 0. The van der Waals surface area contributed by atoms with Crippen molar-refractivity contribution in [2.24, 2.45) is 5.92 Å². The van der Waals surface area contributed by atoms with Crippen LogP contribution < -0.4 is 5.32 Å². The number of carbonyl (C=O) groups is 2. The van der Waals surface area contributed by atoms with E-state index >= 15 is 0 Å². The smallest absolute Gasteiger partial charge is 0.317 e. The molecule has 0 saturated heterocycles. The van der Waals surface area contributed by atoms with Gasteiger partial charge >= 0.3 is 12.0 Å². The van der Waals surface area contributed by atoms with Gasteiger partial charge in [-0.25, -0.2) is 4.79 Å². The summed E-state index contributed by atoms with van der Waals surface area (Å²) in [7, 11) is 0. The number of carboxylic acid groups (broad SMARTS) is 1. The Morgan fingerprint density at radius 3 is 2.48 bits per heavy atom. The van der Waals surface area contributed by atoms with Crippen LogP contribution in [0.5, 0.6) is 0 Å². The number of aliphatic carboxylic acids is 1. The Morgan fingerprint density at radius 2 is 1.86 bits per heavy atom. The molecule has 2 saturated carbocycles. The van der Waals surface area contributed by atoms with Gasteiger partial charge in [0.25, 0.3) is 0 Å². The summed E-state index contributed by atoms with van der Waals surface area (Å²) in [4.78, 5) is 25.8. The molecule has 0 aromatic rings. The minimum atomic E-state index is -0.770. The van der Waals surface area contributed by atoms with Gasteiger partial charge < -0.3 is 15.3 Å². The first-order valence-electron chi connectivity index (χ1n) is 8.43. The Kier molecular flexibility index (Phi) is 5.88. The fourth-order valence-electron chi connectivity index (χ4n) is 3.18. The van der Waals surface area contributed by atoms with Crippen LogP contribution in [0.25, 0.3) is 0 Å². The Labute approximate surface area is 127 Å². The molecule has 2 amide bonds. The van der Waals surface area contributed by atoms with E-state index < -0.39 is 11.9 Å². The highest BCUT2D eigenvalue weighted by Crippen LogP contribution is 2.28. The molecule has 2 aliphatic carbocycles. The van der Waals surface area contributed by atoms with Gasteiger partial charge in [0, 0.05) is 18.6 Å². The molecule has 21 heavy (non-hydrogen) atoms. The molecule has 2 rings (SSSR count). The van der Waals surface area contributed by atoms with Crippen LogP contribution in [0, 0.1) is 5.92 Å². The van der Waals surface area contributed by atoms with Crippen LogP contribution in [0.3, 0.4) is 0 Å². The number of amides is 2. The van der Waals surface area contributed by atoms with Crippen molar-refractivity contribution in [2.75, 3.05) is 6.54 Å². The van der Waals surface area contributed by atoms with E-state index in [9.17, 15) is 14.7 Å². The summed E-state index contributed by atoms with van der Waals surface area (Å²) in [6.07, 6.45) is 8.74. The standard InChI is InChI=1S/C16H28N2O3/c1-2-3-11-18(12-9-10-12)16(21)17-14-8-6-4-5-7-13(14)15(19)20/h12-14H,2-11H2,1H3,(H,17,21)(H,19,20). The van der Waals surface area contributed by atoms with Crippen LogP contribution in [0.15, 0.2) is 0 Å². The van der Waals surface area contributed by atoms with Crippen LogP contribution in [0.4, 0.5) is 4.79 Å². The molecule has 0 aliphatic heterocycles. The van der Waals surface area contributed by atoms with E-state index in [2.05, 4.69) is 12.2 Å². The monoisotopic (exact) mass is 296 g/mol. The van der Waals surface area contributed by atoms with Crippen LogP contribution in [0.1, 0.15) is 64.7 Å². The Morgan fingerprint density at radius 1 is 1.14 bits per heavy atom. The first kappa shape index (κ1) is 16.1. The summed E-state index contributed by atoms with van der Waals surface area (Å²) in [5.74, 6) is -1.20. The number of rotatable bonds is 6. The second kappa shape index (κ2) is 7.66. The lowest BCUT2D eigenvalue weighted by Gasteiger charge is -2.28. The minimum absolute atomic E-state index is 0.0518. The molecule has 120 valence electrons. The number of carboxylic acids is 1. The summed E-state index contributed by atoms with van der Waals surface area (Å²) in [5, 5.41) is 12.4. The summed E-state index contributed by atoms with van der Waals surface area (Å²) >= 11 is 0. The lowest BCUT2D eigenvalue weighted by molar-refractivity contribution is -0.142. The Hall–Kier alpha value is -1.26. The van der Waals surface area contributed by atoms with Gasteiger partial charge in [-0.2, -0.15) is 0 Å². The molecule has 2 N–H and O–H groups in total. The van der Waals surface area contributed by atoms with Gasteiger partial charge in [0.15, 0.2) is 0 Å². The van der Waals surface area contributed by atoms with Gasteiger partial charge in [-0.3, -0.25) is 4.79 Å². The first-order chi connectivity index (χ1) is 10.1. The number of nitrogens with zero attached hydrogens (tertiary/aromatic N) is 1. The van der Waals surface area contributed by atoms with Crippen LogP contribution in [-0.4, -0.2) is 40.6 Å². The molecule has 0 aromatic carbocycles. The zero-order valence-corrected chi connectivity index (χ0v) is 13.0. The molecule has 2 unspecified atom stereocenters. The van der Waals surface area contributed by atoms with Crippen molar-refractivity contribution in [1.82, 2.24) is 10.2 Å². The van der Waals surface area contributed by atoms with Gasteiger partial charge in [0.05, 0.1) is 5.92 Å². The third kappa shape index (κ3) is 4.61. The van der Waals surface area contributed by atoms with Gasteiger partial charge in [-0.1, -0.05) is 32.6 Å². The number of carbonyl (C=O) groups excluding carboxylic acids is 1. The zero-order valence-electron chi connectivity index (χ0n) is 13.0. The second-order valence-electron chi connectivity index (χ2n) is 6.42. The van der Waals surface area contributed by atoms with E-state index in [4.69, 9.17) is 0 Å². The van der Waals surface area contributed by atoms with Crippen molar-refractivity contribution in [1.29, 1.82) is 0 Å². The molecular weight excluding hydrogens is 268 g/mol. The summed E-state index contributed by atoms with van der Waals surface area (Å²) in [6.45, 7) is 2.91. The number of urea groups is 1. The lowest BCUT2D eigenvalue weighted by Crippen LogP contribution is -2.49. The molecule has 0 spiro atoms. The molecule has 0 bridgehead atoms. The van der Waals surface area contributed by atoms with Crippen molar-refractivity contribution in [3.8, 4) is 0 Å². The highest BCUT2D eigenvalue weighted by molar-refractivity contribution is 5.77. The van der Waals surface area contributed by atoms with E-state index in [0.29, 0.717) is 12.5 Å². The SMILES string of the molecule is CCCCN(C(=O)NC1CCCCCC1C(=O)O)C1CC1. The van der Waals surface area contributed by atoms with Crippen molar-refractivity contribution < 1.29 is 14.7 Å². The molecule has 0 radical (unpaired) electrons. The van der Waals surface area contributed by atoms with Crippen LogP contribution >= 0.6 is 0 Å². The number of nitrogens with one attached hydrogen (secondary N) is 1. The number of unbranched alkanes of at least 4 members (excludes halogenated alkanes) is 1. The Balaban J connectivity index is 1.95. The van der Waals surface area contributed by atoms with Crippen molar-refractivity contribution in [3.05, 3.63) is 0 Å². The van der Waals surface area contributed by atoms with Gasteiger partial charge in [-0.05, 0) is 32.1 Å². The third-order valence-electron chi connectivity index (χ3n) is 4.64. The largest absolute Gasteiger partial charge is 0.481 e. The average Bonchev–Trinajstić information content (AvgIpc) is 3.26. The van der Waals surface area contributed by atoms with Crippen LogP contribution in [0.2, 0.25) is 0 Å². The molecule has 5 heteroatoms. The minimum Gasteiger partial charge on any atom is -0.481 e. The molecule has 0 aromatic heterocycles. The first-order valence-corrected chi connectivity index (χ1v) is 8.43. The van der Waals surface area contributed by atoms with E-state index in [1.165, 1.54) is 0 Å². The van der Waals surface area contributed by atoms with Crippen LogP contribution in [-0.2, 0) is 4.79 Å². The van der Waals surface area contributed by atoms with E-state index in [0.717, 1.165) is 57.9 Å². The molecule has 2 aliphatic rings. The normalized spacial score (nSPS) is 26.0. The van der Waals surface area contributed by atoms with E-state index in [1.54, 1.807) is 0 Å². The van der Waals surface area contributed by atoms with Gasteiger partial charge in [0.2, 0.25) is 0 Å². The molecule has 2 atom stereocenters. The second-order valence-corrected chi connectivity index (χ2v) is 6.42. The summed E-state index contributed by atoms with van der Waals surface area (Å²) in [5.41, 5.74) is 0. The maximum atomic E-state index is 12.5. The molecule has 0 heterocycles. The fourth-order valence-corrected chi connectivity index (χ4v) is 3.18. The third-order valence-corrected chi connectivity index (χ3v) is 4.64. The average molecular weight is 296 g/mol. The van der Waals surface area contributed by atoms with Gasteiger partial charge in [0.1, 0.15) is 0 Å². The number of hydrogen-bond donors (Lipinski definition) is 2. The predicted molar refractivity (Wildman–Crippen MR) is 81.2 cm³/mol. The van der Waals surface area contributed by atoms with Gasteiger partial charge in [-0.15, -0.1) is 0 Å². The van der Waals surface area contributed by atoms with E-state index in [1.807, 2.05) is 4.90 Å². The fraction of sp³-hybridized carbons (Fsp3) is 0.875. The lowest BCUT2D eigenvalue weighted by atomic mass is 9.95. The molecule has 5 nitrogen and oxygen atoms in total. The highest BCUT2D eigenvalue weighted by Gasteiger charge is 2.35. The highest BCUT2D eigenvalue weighted by atomic mass is 16.4. The quantitative estimate of drug-likeness (QED) is 0.740. The topological polar surface area (TPSA) is 69.6 Å². The van der Waals surface area contributed by atoms with E-state index in [-0.39, 0.29) is 12.1 Å². The summed E-state index contributed by atoms with van der Waals surface area (Å²) in [6, 6.07) is 0.120. The maximum absolute atomic E-state index is 12.5. The van der Waals surface area contributed by atoms with Crippen molar-refractivity contribution >= 4 is 12.0 Å². The molecule has 2 fully saturated rings. The van der Waals surface area contributed by atoms with Crippen molar-refractivity contribution in [2.45, 2.75) is 76.8 Å². The predicted octanol–water partition coefficient (Wildman–Crippen LogP) is 2.99. The zero-order chi connectivity index (χ0) is 15.2. The molecular formula is C16H28N2O3. The Bertz CT molecular complexity index is 369. The maximum Gasteiger partial charge on any atom is 0.317 e. The number of hydrogen-bond acceptors (Lipinski definition) is 2.